The van der Waals surface area contributed by atoms with Crippen LogP contribution in [-0.4, -0.2) is 11.7 Å². The highest BCUT2D eigenvalue weighted by atomic mass is 16.2. The van der Waals surface area contributed by atoms with E-state index in [1.165, 1.54) is 0 Å². The number of anilines is 1. The summed E-state index contributed by atoms with van der Waals surface area (Å²) in [5.41, 5.74) is 2.87. The normalized spacial score (nSPS) is 10.4. The van der Waals surface area contributed by atoms with Crippen LogP contribution in [-0.2, 0) is 9.59 Å². The molecule has 0 aliphatic rings. The molecule has 1 N–H and O–H groups in total. The van der Waals surface area contributed by atoms with Crippen LogP contribution in [0.2, 0.25) is 0 Å². The number of Topliss-reactive ketones (excluding diaryl/α,β-unsaturated/α-hetero) is 1. The molecular formula is C14H19NO2. The van der Waals surface area contributed by atoms with Crippen molar-refractivity contribution in [2.75, 3.05) is 5.32 Å². The topological polar surface area (TPSA) is 46.2 Å². The highest BCUT2D eigenvalue weighted by molar-refractivity contribution is 6.05. The Hall–Kier alpha value is -1.64. The maximum absolute atomic E-state index is 11.7. The lowest BCUT2D eigenvalue weighted by molar-refractivity contribution is -0.127. The van der Waals surface area contributed by atoms with E-state index in [1.807, 2.05) is 32.0 Å². The SMILES string of the molecule is Cc1ccc(C)c(NC(=O)CC(=O)C(C)C)c1. The molecule has 0 unspecified atom stereocenters. The second-order valence-electron chi connectivity index (χ2n) is 4.66. The molecule has 0 saturated carbocycles. The van der Waals surface area contributed by atoms with Gasteiger partial charge in [0.15, 0.2) is 0 Å². The van der Waals surface area contributed by atoms with E-state index in [2.05, 4.69) is 5.32 Å². The van der Waals surface area contributed by atoms with Crippen LogP contribution >= 0.6 is 0 Å². The molecule has 0 radical (unpaired) electrons. The molecule has 3 nitrogen and oxygen atoms in total. The molecule has 0 saturated heterocycles. The van der Waals surface area contributed by atoms with Gasteiger partial charge in [-0.3, -0.25) is 9.59 Å². The van der Waals surface area contributed by atoms with Crippen LogP contribution < -0.4 is 5.32 Å². The van der Waals surface area contributed by atoms with E-state index in [9.17, 15) is 9.59 Å². The Morgan fingerprint density at radius 2 is 1.88 bits per heavy atom. The molecule has 0 spiro atoms. The van der Waals surface area contributed by atoms with Gasteiger partial charge >= 0.3 is 0 Å². The van der Waals surface area contributed by atoms with Crippen molar-refractivity contribution in [3.8, 4) is 0 Å². The first-order chi connectivity index (χ1) is 7.90. The average molecular weight is 233 g/mol. The molecule has 0 atom stereocenters. The summed E-state index contributed by atoms with van der Waals surface area (Å²) in [6.45, 7) is 7.49. The number of amides is 1. The molecule has 0 heterocycles. The van der Waals surface area contributed by atoms with Crippen LogP contribution in [0.3, 0.4) is 0 Å². The van der Waals surface area contributed by atoms with Crippen LogP contribution in [0.15, 0.2) is 18.2 Å². The third kappa shape index (κ3) is 4.02. The molecular weight excluding hydrogens is 214 g/mol. The summed E-state index contributed by atoms with van der Waals surface area (Å²) in [6.07, 6.45) is -0.0505. The first kappa shape index (κ1) is 13.4. The van der Waals surface area contributed by atoms with Gasteiger partial charge in [0, 0.05) is 11.6 Å². The van der Waals surface area contributed by atoms with Gasteiger partial charge in [-0.25, -0.2) is 0 Å². The molecule has 0 aliphatic carbocycles. The number of hydrogen-bond donors (Lipinski definition) is 1. The monoisotopic (exact) mass is 233 g/mol. The van der Waals surface area contributed by atoms with Crippen molar-refractivity contribution in [3.63, 3.8) is 0 Å². The van der Waals surface area contributed by atoms with Gasteiger partial charge in [0.2, 0.25) is 5.91 Å². The lowest BCUT2D eigenvalue weighted by atomic mass is 10.1. The lowest BCUT2D eigenvalue weighted by Gasteiger charge is -2.09. The van der Waals surface area contributed by atoms with Crippen molar-refractivity contribution in [1.29, 1.82) is 0 Å². The number of aryl methyl sites for hydroxylation is 2. The van der Waals surface area contributed by atoms with Gasteiger partial charge in [-0.2, -0.15) is 0 Å². The zero-order chi connectivity index (χ0) is 13.0. The molecule has 1 aromatic carbocycles. The van der Waals surface area contributed by atoms with Gasteiger partial charge in [0.25, 0.3) is 0 Å². The fourth-order valence-corrected chi connectivity index (χ4v) is 1.43. The minimum atomic E-state index is -0.239. The Morgan fingerprint density at radius 1 is 1.24 bits per heavy atom. The van der Waals surface area contributed by atoms with Crippen molar-refractivity contribution in [2.45, 2.75) is 34.1 Å². The molecule has 0 aliphatic heterocycles. The summed E-state index contributed by atoms with van der Waals surface area (Å²) in [7, 11) is 0. The number of rotatable bonds is 4. The van der Waals surface area contributed by atoms with Gasteiger partial charge in [-0.15, -0.1) is 0 Å². The minimum Gasteiger partial charge on any atom is -0.325 e. The number of carbonyl (C=O) groups is 2. The third-order valence-electron chi connectivity index (χ3n) is 2.65. The molecule has 1 aromatic rings. The van der Waals surface area contributed by atoms with E-state index in [4.69, 9.17) is 0 Å². The summed E-state index contributed by atoms with van der Waals surface area (Å²) in [5, 5.41) is 2.78. The molecule has 17 heavy (non-hydrogen) atoms. The number of ketones is 1. The van der Waals surface area contributed by atoms with E-state index in [0.717, 1.165) is 16.8 Å². The summed E-state index contributed by atoms with van der Waals surface area (Å²) in [4.78, 5) is 23.1. The maximum atomic E-state index is 11.7. The lowest BCUT2D eigenvalue weighted by Crippen LogP contribution is -2.19. The van der Waals surface area contributed by atoms with Crippen LogP contribution in [0.5, 0.6) is 0 Å². The second-order valence-corrected chi connectivity index (χ2v) is 4.66. The van der Waals surface area contributed by atoms with Crippen molar-refractivity contribution < 1.29 is 9.59 Å². The standard InChI is InChI=1S/C14H19NO2/c1-9(2)13(16)8-14(17)15-12-7-10(3)5-6-11(12)4/h5-7,9H,8H2,1-4H3,(H,15,17). The van der Waals surface area contributed by atoms with E-state index in [-0.39, 0.29) is 24.0 Å². The molecule has 0 bridgehead atoms. The molecule has 0 aromatic heterocycles. The number of carbonyl (C=O) groups excluding carboxylic acids is 2. The van der Waals surface area contributed by atoms with Crippen LogP contribution in [0.25, 0.3) is 0 Å². The number of hydrogen-bond acceptors (Lipinski definition) is 2. The summed E-state index contributed by atoms with van der Waals surface area (Å²) in [5.74, 6) is -0.371. The van der Waals surface area contributed by atoms with Crippen LogP contribution in [0, 0.1) is 19.8 Å². The quantitative estimate of drug-likeness (QED) is 0.813. The Morgan fingerprint density at radius 3 is 2.47 bits per heavy atom. The van der Waals surface area contributed by atoms with E-state index in [1.54, 1.807) is 13.8 Å². The van der Waals surface area contributed by atoms with E-state index < -0.39 is 0 Å². The van der Waals surface area contributed by atoms with Crippen molar-refractivity contribution in [1.82, 2.24) is 0 Å². The highest BCUT2D eigenvalue weighted by Crippen LogP contribution is 2.16. The number of nitrogens with one attached hydrogen (secondary N) is 1. The maximum Gasteiger partial charge on any atom is 0.231 e. The molecule has 1 amide bonds. The average Bonchev–Trinajstić information content (AvgIpc) is 2.23. The van der Waals surface area contributed by atoms with E-state index >= 15 is 0 Å². The molecule has 3 heteroatoms. The Kier molecular flexibility index (Phi) is 4.44. The predicted octanol–water partition coefficient (Wildman–Crippen LogP) is 2.86. The molecule has 92 valence electrons. The summed E-state index contributed by atoms with van der Waals surface area (Å²) >= 11 is 0. The molecule has 1 rings (SSSR count). The fraction of sp³-hybridized carbons (Fsp3) is 0.429. The van der Waals surface area contributed by atoms with Gasteiger partial charge in [-0.05, 0) is 31.0 Å². The number of benzene rings is 1. The first-order valence-electron chi connectivity index (χ1n) is 5.80. The zero-order valence-electron chi connectivity index (χ0n) is 10.8. The van der Waals surface area contributed by atoms with Crippen molar-refractivity contribution >= 4 is 17.4 Å². The Balaban J connectivity index is 2.68. The highest BCUT2D eigenvalue weighted by Gasteiger charge is 2.13. The van der Waals surface area contributed by atoms with Crippen molar-refractivity contribution in [3.05, 3.63) is 29.3 Å². The van der Waals surface area contributed by atoms with Gasteiger partial charge in [-0.1, -0.05) is 26.0 Å². The second kappa shape index (κ2) is 5.62. The van der Waals surface area contributed by atoms with Gasteiger partial charge < -0.3 is 5.32 Å². The third-order valence-corrected chi connectivity index (χ3v) is 2.65. The first-order valence-corrected chi connectivity index (χ1v) is 5.80. The predicted molar refractivity (Wildman–Crippen MR) is 69.0 cm³/mol. The van der Waals surface area contributed by atoms with Gasteiger partial charge in [0.05, 0.1) is 6.42 Å². The van der Waals surface area contributed by atoms with Crippen molar-refractivity contribution in [2.24, 2.45) is 5.92 Å². The summed E-state index contributed by atoms with van der Waals surface area (Å²) < 4.78 is 0. The zero-order valence-corrected chi connectivity index (χ0v) is 10.8. The Bertz CT molecular complexity index is 436. The fourth-order valence-electron chi connectivity index (χ4n) is 1.43. The largest absolute Gasteiger partial charge is 0.325 e. The van der Waals surface area contributed by atoms with Crippen LogP contribution in [0.4, 0.5) is 5.69 Å². The van der Waals surface area contributed by atoms with Crippen LogP contribution in [0.1, 0.15) is 31.4 Å². The minimum absolute atomic E-state index is 0.0344. The molecule has 0 fully saturated rings. The van der Waals surface area contributed by atoms with E-state index in [0.29, 0.717) is 0 Å². The summed E-state index contributed by atoms with van der Waals surface area (Å²) in [6, 6.07) is 5.85. The Labute approximate surface area is 102 Å². The van der Waals surface area contributed by atoms with Gasteiger partial charge in [0.1, 0.15) is 5.78 Å². The smallest absolute Gasteiger partial charge is 0.231 e.